The topological polar surface area (TPSA) is 137 Å². The zero-order valence-electron chi connectivity index (χ0n) is 18.6. The molecule has 0 radical (unpaired) electrons. The second-order valence-electron chi connectivity index (χ2n) is 7.63. The normalized spacial score (nSPS) is 15.3. The molecule has 176 valence electrons. The first-order chi connectivity index (χ1) is 16.3. The van der Waals surface area contributed by atoms with Gasteiger partial charge in [-0.1, -0.05) is 23.5 Å². The molecule has 11 nitrogen and oxygen atoms in total. The van der Waals surface area contributed by atoms with Crippen molar-refractivity contribution >= 4 is 39.7 Å². The Morgan fingerprint density at radius 2 is 1.94 bits per heavy atom. The van der Waals surface area contributed by atoms with E-state index in [-0.39, 0.29) is 40.4 Å². The van der Waals surface area contributed by atoms with Crippen molar-refractivity contribution in [3.05, 3.63) is 62.6 Å². The number of aryl methyl sites for hydroxylation is 1. The van der Waals surface area contributed by atoms with Crippen molar-refractivity contribution in [3.63, 3.8) is 0 Å². The summed E-state index contributed by atoms with van der Waals surface area (Å²) in [5.41, 5.74) is 1.24. The fourth-order valence-electron chi connectivity index (χ4n) is 3.73. The molecule has 2 amide bonds. The number of nitro groups is 1. The number of aromatic nitrogens is 2. The largest absolute Gasteiger partial charge is 0.493 e. The van der Waals surface area contributed by atoms with E-state index in [0.717, 1.165) is 28.7 Å². The highest BCUT2D eigenvalue weighted by atomic mass is 32.1. The van der Waals surface area contributed by atoms with Gasteiger partial charge >= 0.3 is 0 Å². The van der Waals surface area contributed by atoms with Gasteiger partial charge in [0.05, 0.1) is 25.2 Å². The van der Waals surface area contributed by atoms with Crippen LogP contribution in [0, 0.1) is 17.0 Å². The highest BCUT2D eigenvalue weighted by Gasteiger charge is 2.34. The number of ether oxygens (including phenoxy) is 2. The van der Waals surface area contributed by atoms with E-state index in [1.54, 1.807) is 4.90 Å². The molecular formula is C22H21N5O6S. The van der Waals surface area contributed by atoms with E-state index >= 15 is 0 Å². The molecule has 1 aromatic heterocycles. The number of anilines is 2. The number of benzene rings is 2. The molecular weight excluding hydrogens is 462 g/mol. The molecule has 1 aliphatic rings. The van der Waals surface area contributed by atoms with Gasteiger partial charge in [-0.25, -0.2) is 0 Å². The molecule has 1 fully saturated rings. The van der Waals surface area contributed by atoms with Crippen LogP contribution in [0.1, 0.15) is 33.3 Å². The van der Waals surface area contributed by atoms with Crippen LogP contribution in [0.5, 0.6) is 11.5 Å². The third kappa shape index (κ3) is 4.53. The molecule has 2 aromatic carbocycles. The van der Waals surface area contributed by atoms with Gasteiger partial charge in [0.2, 0.25) is 11.0 Å². The Morgan fingerprint density at radius 3 is 2.62 bits per heavy atom. The molecule has 0 aliphatic carbocycles. The van der Waals surface area contributed by atoms with Gasteiger partial charge in [-0.05, 0) is 24.6 Å². The minimum Gasteiger partial charge on any atom is -0.493 e. The number of nitro benzene ring substituents is 1. The summed E-state index contributed by atoms with van der Waals surface area (Å²) in [5.74, 6) is -0.618. The Labute approximate surface area is 198 Å². The lowest BCUT2D eigenvalue weighted by Gasteiger charge is -2.16. The number of rotatable bonds is 7. The van der Waals surface area contributed by atoms with Crippen molar-refractivity contribution in [2.24, 2.45) is 0 Å². The van der Waals surface area contributed by atoms with Crippen LogP contribution < -0.4 is 19.7 Å². The van der Waals surface area contributed by atoms with Crippen molar-refractivity contribution in [3.8, 4) is 11.5 Å². The number of nitrogens with one attached hydrogen (secondary N) is 1. The standard InChI is InChI=1S/C22H21N5O6S/c1-12-5-4-6-14(7-12)26-11-13(8-19(26)28)21-24-25-22(34-21)23-20(29)15-9-17(32-2)18(33-3)10-16(15)27(30)31/h4-7,9-10,13H,8,11H2,1-3H3,(H,23,25,29). The van der Waals surface area contributed by atoms with Crippen LogP contribution >= 0.6 is 11.3 Å². The van der Waals surface area contributed by atoms with Crippen LogP contribution in [0.15, 0.2) is 36.4 Å². The van der Waals surface area contributed by atoms with Gasteiger partial charge in [0.1, 0.15) is 10.6 Å². The molecule has 2 heterocycles. The number of carbonyl (C=O) groups is 2. The van der Waals surface area contributed by atoms with Gasteiger partial charge < -0.3 is 14.4 Å². The van der Waals surface area contributed by atoms with Crippen LogP contribution in [0.2, 0.25) is 0 Å². The van der Waals surface area contributed by atoms with Gasteiger partial charge in [0.15, 0.2) is 11.5 Å². The van der Waals surface area contributed by atoms with Gasteiger partial charge in [0.25, 0.3) is 11.6 Å². The summed E-state index contributed by atoms with van der Waals surface area (Å²) < 4.78 is 10.2. The monoisotopic (exact) mass is 483 g/mol. The maximum atomic E-state index is 12.8. The van der Waals surface area contributed by atoms with Crippen LogP contribution in [0.25, 0.3) is 0 Å². The first kappa shape index (κ1) is 23.1. The van der Waals surface area contributed by atoms with E-state index in [9.17, 15) is 19.7 Å². The Morgan fingerprint density at radius 1 is 1.21 bits per heavy atom. The third-order valence-electron chi connectivity index (χ3n) is 5.39. The predicted octanol–water partition coefficient (Wildman–Crippen LogP) is 3.54. The lowest BCUT2D eigenvalue weighted by Crippen LogP contribution is -2.24. The van der Waals surface area contributed by atoms with Gasteiger partial charge in [-0.3, -0.25) is 25.0 Å². The van der Waals surface area contributed by atoms with Crippen molar-refractivity contribution < 1.29 is 24.0 Å². The minimum absolute atomic E-state index is 0.0164. The average Bonchev–Trinajstić information content (AvgIpc) is 3.44. The summed E-state index contributed by atoms with van der Waals surface area (Å²) in [5, 5.41) is 23.0. The number of hydrogen-bond acceptors (Lipinski definition) is 9. The lowest BCUT2D eigenvalue weighted by atomic mass is 10.1. The van der Waals surface area contributed by atoms with E-state index in [0.29, 0.717) is 11.6 Å². The first-order valence-corrected chi connectivity index (χ1v) is 11.0. The Kier molecular flexibility index (Phi) is 6.41. The molecule has 3 aromatic rings. The van der Waals surface area contributed by atoms with Gasteiger partial charge in [0, 0.05) is 30.6 Å². The fraction of sp³-hybridized carbons (Fsp3) is 0.273. The number of carbonyl (C=O) groups excluding carboxylic acids is 2. The van der Waals surface area contributed by atoms with E-state index in [2.05, 4.69) is 15.5 Å². The van der Waals surface area contributed by atoms with E-state index in [4.69, 9.17) is 9.47 Å². The van der Waals surface area contributed by atoms with Crippen LogP contribution in [-0.4, -0.2) is 47.7 Å². The summed E-state index contributed by atoms with van der Waals surface area (Å²) in [7, 11) is 2.71. The third-order valence-corrected chi connectivity index (χ3v) is 6.39. The lowest BCUT2D eigenvalue weighted by molar-refractivity contribution is -0.385. The second-order valence-corrected chi connectivity index (χ2v) is 8.63. The quantitative estimate of drug-likeness (QED) is 0.398. The maximum Gasteiger partial charge on any atom is 0.286 e. The molecule has 1 saturated heterocycles. The van der Waals surface area contributed by atoms with Crippen molar-refractivity contribution in [2.45, 2.75) is 19.3 Å². The maximum absolute atomic E-state index is 12.8. The molecule has 0 spiro atoms. The smallest absolute Gasteiger partial charge is 0.286 e. The molecule has 12 heteroatoms. The zero-order chi connectivity index (χ0) is 24.4. The number of methoxy groups -OCH3 is 2. The highest BCUT2D eigenvalue weighted by molar-refractivity contribution is 7.15. The molecule has 34 heavy (non-hydrogen) atoms. The first-order valence-electron chi connectivity index (χ1n) is 10.2. The van der Waals surface area contributed by atoms with Gasteiger partial charge in [-0.15, -0.1) is 10.2 Å². The Bertz CT molecular complexity index is 1280. The van der Waals surface area contributed by atoms with E-state index < -0.39 is 16.5 Å². The minimum atomic E-state index is -0.737. The predicted molar refractivity (Wildman–Crippen MR) is 125 cm³/mol. The summed E-state index contributed by atoms with van der Waals surface area (Å²) in [6.45, 7) is 2.41. The molecule has 4 rings (SSSR count). The Balaban J connectivity index is 1.52. The SMILES string of the molecule is COc1cc(C(=O)Nc2nnc(C3CC(=O)N(c4cccc(C)c4)C3)s2)c([N+](=O)[O-])cc1OC. The summed E-state index contributed by atoms with van der Waals surface area (Å²) in [6, 6.07) is 10.1. The summed E-state index contributed by atoms with van der Waals surface area (Å²) in [4.78, 5) is 37.9. The van der Waals surface area contributed by atoms with Crippen molar-refractivity contribution in [1.29, 1.82) is 0 Å². The molecule has 1 atom stereocenters. The van der Waals surface area contributed by atoms with Crippen molar-refractivity contribution in [1.82, 2.24) is 10.2 Å². The molecule has 1 unspecified atom stereocenters. The highest BCUT2D eigenvalue weighted by Crippen LogP contribution is 2.36. The molecule has 0 saturated carbocycles. The van der Waals surface area contributed by atoms with E-state index in [1.165, 1.54) is 20.3 Å². The second kappa shape index (κ2) is 9.43. The number of amides is 2. The zero-order valence-corrected chi connectivity index (χ0v) is 19.4. The molecule has 0 bridgehead atoms. The fourth-order valence-corrected chi connectivity index (χ4v) is 4.56. The van der Waals surface area contributed by atoms with E-state index in [1.807, 2.05) is 31.2 Å². The summed E-state index contributed by atoms with van der Waals surface area (Å²) in [6.07, 6.45) is 0.275. The number of hydrogen-bond donors (Lipinski definition) is 1. The molecule has 1 aliphatic heterocycles. The number of nitrogens with zero attached hydrogens (tertiary/aromatic N) is 4. The van der Waals surface area contributed by atoms with Gasteiger partial charge in [-0.2, -0.15) is 0 Å². The average molecular weight is 484 g/mol. The van der Waals surface area contributed by atoms with Crippen molar-refractivity contribution in [2.75, 3.05) is 31.0 Å². The summed E-state index contributed by atoms with van der Waals surface area (Å²) >= 11 is 1.13. The van der Waals surface area contributed by atoms with Crippen LogP contribution in [-0.2, 0) is 4.79 Å². The molecule has 1 N–H and O–H groups in total. The van der Waals surface area contributed by atoms with Crippen LogP contribution in [0.3, 0.4) is 0 Å². The Hall–Kier alpha value is -4.06. The van der Waals surface area contributed by atoms with Crippen LogP contribution in [0.4, 0.5) is 16.5 Å².